The minimum atomic E-state index is 0. The zero-order valence-electron chi connectivity index (χ0n) is 8.30. The first-order valence-electron chi connectivity index (χ1n) is 4.01. The highest BCUT2D eigenvalue weighted by Gasteiger charge is 2.01. The van der Waals surface area contributed by atoms with Gasteiger partial charge in [-0.2, -0.15) is 0 Å². The van der Waals surface area contributed by atoms with E-state index >= 15 is 0 Å². The SMILES string of the molecule is COCCN(C)c1ncc(N)cn1.Cl. The fourth-order valence-corrected chi connectivity index (χ4v) is 0.857. The molecule has 5 nitrogen and oxygen atoms in total. The molecular weight excluding hydrogens is 204 g/mol. The summed E-state index contributed by atoms with van der Waals surface area (Å²) in [6.07, 6.45) is 3.18. The van der Waals surface area contributed by atoms with Crippen LogP contribution < -0.4 is 10.6 Å². The standard InChI is InChI=1S/C8H14N4O.ClH/c1-12(3-4-13-2)8-10-5-7(9)6-11-8;/h5-6H,3-4,9H2,1-2H3;1H. The maximum Gasteiger partial charge on any atom is 0.225 e. The fraction of sp³-hybridized carbons (Fsp3) is 0.500. The molecule has 0 amide bonds. The van der Waals surface area contributed by atoms with Gasteiger partial charge in [0.15, 0.2) is 0 Å². The van der Waals surface area contributed by atoms with Gasteiger partial charge in [0.05, 0.1) is 24.7 Å². The maximum absolute atomic E-state index is 5.46. The molecule has 1 aromatic rings. The van der Waals surface area contributed by atoms with Crippen LogP contribution in [0.2, 0.25) is 0 Å². The molecule has 0 radical (unpaired) electrons. The lowest BCUT2D eigenvalue weighted by molar-refractivity contribution is 0.206. The number of hydrogen-bond acceptors (Lipinski definition) is 5. The highest BCUT2D eigenvalue weighted by atomic mass is 35.5. The first-order chi connectivity index (χ1) is 6.24. The van der Waals surface area contributed by atoms with Crippen molar-refractivity contribution >= 4 is 24.0 Å². The number of aromatic nitrogens is 2. The Kier molecular flexibility index (Phi) is 5.91. The second-order valence-corrected chi connectivity index (χ2v) is 2.73. The van der Waals surface area contributed by atoms with Crippen LogP contribution in [-0.2, 0) is 4.74 Å². The van der Waals surface area contributed by atoms with E-state index < -0.39 is 0 Å². The van der Waals surface area contributed by atoms with Crippen LogP contribution in [0.25, 0.3) is 0 Å². The molecule has 0 bridgehead atoms. The van der Waals surface area contributed by atoms with E-state index in [-0.39, 0.29) is 12.4 Å². The van der Waals surface area contributed by atoms with Crippen LogP contribution in [0.1, 0.15) is 0 Å². The molecule has 1 rings (SSSR count). The highest BCUT2D eigenvalue weighted by Crippen LogP contribution is 2.04. The summed E-state index contributed by atoms with van der Waals surface area (Å²) in [7, 11) is 3.57. The van der Waals surface area contributed by atoms with Gasteiger partial charge < -0.3 is 15.4 Å². The van der Waals surface area contributed by atoms with Crippen molar-refractivity contribution in [2.75, 3.05) is 37.9 Å². The lowest BCUT2D eigenvalue weighted by atomic mass is 10.5. The number of halogens is 1. The summed E-state index contributed by atoms with van der Waals surface area (Å²) >= 11 is 0. The van der Waals surface area contributed by atoms with Gasteiger partial charge in [-0.1, -0.05) is 0 Å². The number of methoxy groups -OCH3 is 1. The number of hydrogen-bond donors (Lipinski definition) is 1. The van der Waals surface area contributed by atoms with Crippen LogP contribution in [0.4, 0.5) is 11.6 Å². The van der Waals surface area contributed by atoms with E-state index in [1.54, 1.807) is 19.5 Å². The average Bonchev–Trinajstić information content (AvgIpc) is 2.15. The van der Waals surface area contributed by atoms with Crippen molar-refractivity contribution in [1.29, 1.82) is 0 Å². The van der Waals surface area contributed by atoms with E-state index in [0.717, 1.165) is 6.54 Å². The first-order valence-corrected chi connectivity index (χ1v) is 4.01. The monoisotopic (exact) mass is 218 g/mol. The van der Waals surface area contributed by atoms with Crippen molar-refractivity contribution in [3.63, 3.8) is 0 Å². The summed E-state index contributed by atoms with van der Waals surface area (Å²) in [4.78, 5) is 10.0. The van der Waals surface area contributed by atoms with Crippen molar-refractivity contribution in [2.24, 2.45) is 0 Å². The lowest BCUT2D eigenvalue weighted by Gasteiger charge is -2.15. The zero-order valence-corrected chi connectivity index (χ0v) is 9.12. The van der Waals surface area contributed by atoms with Crippen LogP contribution in [0.3, 0.4) is 0 Å². The molecule has 2 N–H and O–H groups in total. The molecule has 1 heterocycles. The molecule has 0 aliphatic heterocycles. The number of ether oxygens (including phenoxy) is 1. The van der Waals surface area contributed by atoms with Crippen LogP contribution in [0, 0.1) is 0 Å². The number of likely N-dealkylation sites (N-methyl/N-ethyl adjacent to an activating group) is 1. The highest BCUT2D eigenvalue weighted by molar-refractivity contribution is 5.85. The summed E-state index contributed by atoms with van der Waals surface area (Å²) in [6.45, 7) is 1.42. The Morgan fingerprint density at radius 3 is 2.50 bits per heavy atom. The third-order valence-electron chi connectivity index (χ3n) is 1.63. The third kappa shape index (κ3) is 3.76. The smallest absolute Gasteiger partial charge is 0.225 e. The van der Waals surface area contributed by atoms with Gasteiger partial charge in [0.2, 0.25) is 5.95 Å². The molecule has 0 saturated carbocycles. The van der Waals surface area contributed by atoms with Crippen molar-refractivity contribution in [2.45, 2.75) is 0 Å². The Balaban J connectivity index is 0.00000169. The molecule has 0 spiro atoms. The molecule has 1 aromatic heterocycles. The number of nitrogens with two attached hydrogens (primary N) is 1. The van der Waals surface area contributed by atoms with E-state index in [0.29, 0.717) is 18.2 Å². The topological polar surface area (TPSA) is 64.3 Å². The maximum atomic E-state index is 5.46. The zero-order chi connectivity index (χ0) is 9.68. The van der Waals surface area contributed by atoms with Crippen LogP contribution >= 0.6 is 12.4 Å². The van der Waals surface area contributed by atoms with Gasteiger partial charge in [-0.05, 0) is 0 Å². The lowest BCUT2D eigenvalue weighted by Crippen LogP contribution is -2.24. The molecule has 6 heteroatoms. The van der Waals surface area contributed by atoms with E-state index in [4.69, 9.17) is 10.5 Å². The Labute approximate surface area is 89.7 Å². The number of nitrogen functional groups attached to an aromatic ring is 1. The van der Waals surface area contributed by atoms with Gasteiger partial charge in [-0.15, -0.1) is 12.4 Å². The van der Waals surface area contributed by atoms with Gasteiger partial charge in [0, 0.05) is 20.7 Å². The van der Waals surface area contributed by atoms with Gasteiger partial charge in [-0.25, -0.2) is 9.97 Å². The number of nitrogens with zero attached hydrogens (tertiary/aromatic N) is 3. The molecule has 0 fully saturated rings. The Morgan fingerprint density at radius 2 is 2.00 bits per heavy atom. The fourth-order valence-electron chi connectivity index (χ4n) is 0.857. The van der Waals surface area contributed by atoms with Crippen molar-refractivity contribution < 1.29 is 4.74 Å². The van der Waals surface area contributed by atoms with Crippen molar-refractivity contribution in [3.05, 3.63) is 12.4 Å². The summed E-state index contributed by atoms with van der Waals surface area (Å²) in [6, 6.07) is 0. The van der Waals surface area contributed by atoms with Gasteiger partial charge in [0.25, 0.3) is 0 Å². The van der Waals surface area contributed by atoms with Gasteiger partial charge in [-0.3, -0.25) is 0 Å². The minimum Gasteiger partial charge on any atom is -0.396 e. The average molecular weight is 219 g/mol. The van der Waals surface area contributed by atoms with Crippen LogP contribution in [0.5, 0.6) is 0 Å². The van der Waals surface area contributed by atoms with E-state index in [9.17, 15) is 0 Å². The second-order valence-electron chi connectivity index (χ2n) is 2.73. The van der Waals surface area contributed by atoms with Gasteiger partial charge in [0.1, 0.15) is 0 Å². The Morgan fingerprint density at radius 1 is 1.43 bits per heavy atom. The predicted molar refractivity (Wildman–Crippen MR) is 58.8 cm³/mol. The molecular formula is C8H15ClN4O. The van der Waals surface area contributed by atoms with Gasteiger partial charge >= 0.3 is 0 Å². The minimum absolute atomic E-state index is 0. The Hall–Kier alpha value is -1.07. The largest absolute Gasteiger partial charge is 0.396 e. The van der Waals surface area contributed by atoms with Crippen LogP contribution in [0.15, 0.2) is 12.4 Å². The molecule has 0 unspecified atom stereocenters. The number of rotatable bonds is 4. The second kappa shape index (κ2) is 6.39. The third-order valence-corrected chi connectivity index (χ3v) is 1.63. The quantitative estimate of drug-likeness (QED) is 0.800. The molecule has 14 heavy (non-hydrogen) atoms. The summed E-state index contributed by atoms with van der Waals surface area (Å²) in [5.74, 6) is 0.659. The molecule has 80 valence electrons. The molecule has 0 saturated heterocycles. The van der Waals surface area contributed by atoms with Crippen LogP contribution in [-0.4, -0.2) is 37.3 Å². The van der Waals surface area contributed by atoms with E-state index in [1.807, 2.05) is 11.9 Å². The molecule has 0 aliphatic rings. The summed E-state index contributed by atoms with van der Waals surface area (Å²) < 4.78 is 4.94. The van der Waals surface area contributed by atoms with E-state index in [2.05, 4.69) is 9.97 Å². The Bertz CT molecular complexity index is 254. The molecule has 0 aliphatic carbocycles. The summed E-state index contributed by atoms with van der Waals surface area (Å²) in [5, 5.41) is 0. The normalized spacial score (nSPS) is 9.29. The van der Waals surface area contributed by atoms with Crippen molar-refractivity contribution in [3.8, 4) is 0 Å². The predicted octanol–water partition coefficient (Wildman–Crippen LogP) is 0.563. The molecule has 0 atom stereocenters. The first kappa shape index (κ1) is 12.9. The molecule has 0 aromatic carbocycles. The van der Waals surface area contributed by atoms with E-state index in [1.165, 1.54) is 0 Å². The number of anilines is 2. The van der Waals surface area contributed by atoms with Crippen molar-refractivity contribution in [1.82, 2.24) is 9.97 Å². The summed E-state index contributed by atoms with van der Waals surface area (Å²) in [5.41, 5.74) is 6.03.